The lowest BCUT2D eigenvalue weighted by Gasteiger charge is -2.29. The van der Waals surface area contributed by atoms with Gasteiger partial charge in [-0.15, -0.1) is 0 Å². The van der Waals surface area contributed by atoms with Crippen LogP contribution in [0.5, 0.6) is 5.75 Å². The molecule has 2 fully saturated rings. The van der Waals surface area contributed by atoms with Crippen molar-refractivity contribution in [3.05, 3.63) is 102 Å². The number of hydrogen-bond donors (Lipinski definition) is 0. The number of rotatable bonds is 15. The van der Waals surface area contributed by atoms with Crippen LogP contribution in [-0.4, -0.2) is 55.9 Å². The van der Waals surface area contributed by atoms with E-state index in [9.17, 15) is 19.2 Å². The maximum atomic E-state index is 12.9. The molecule has 10 nitrogen and oxygen atoms in total. The van der Waals surface area contributed by atoms with Crippen molar-refractivity contribution in [2.75, 3.05) is 19.8 Å². The second-order valence-electron chi connectivity index (χ2n) is 12.7. The Morgan fingerprint density at radius 2 is 1.25 bits per heavy atom. The van der Waals surface area contributed by atoms with Crippen LogP contribution in [0.2, 0.25) is 0 Å². The van der Waals surface area contributed by atoms with E-state index in [1.165, 1.54) is 43.7 Å². The zero-order valence-electron chi connectivity index (χ0n) is 29.3. The highest BCUT2D eigenvalue weighted by Crippen LogP contribution is 2.38. The van der Waals surface area contributed by atoms with Crippen molar-refractivity contribution in [1.29, 1.82) is 0 Å². The summed E-state index contributed by atoms with van der Waals surface area (Å²) in [6.45, 7) is 7.45. The average Bonchev–Trinajstić information content (AvgIpc) is 3.62. The van der Waals surface area contributed by atoms with Crippen molar-refractivity contribution in [3.8, 4) is 16.9 Å². The van der Waals surface area contributed by atoms with Gasteiger partial charge in [0, 0.05) is 11.6 Å². The van der Waals surface area contributed by atoms with E-state index in [0.29, 0.717) is 29.4 Å². The van der Waals surface area contributed by atoms with E-state index in [0.717, 1.165) is 29.9 Å². The molecule has 270 valence electrons. The van der Waals surface area contributed by atoms with Gasteiger partial charge in [0.05, 0.1) is 25.4 Å². The predicted octanol–water partition coefficient (Wildman–Crippen LogP) is 7.65. The number of ether oxygens (including phenoxy) is 6. The second kappa shape index (κ2) is 18.4. The fraction of sp³-hybridized carbons (Fsp3) is 0.415. The largest absolute Gasteiger partial charge is 0.464 e. The summed E-state index contributed by atoms with van der Waals surface area (Å²) in [4.78, 5) is 48.9. The van der Waals surface area contributed by atoms with Gasteiger partial charge in [-0.2, -0.15) is 0 Å². The molecule has 3 aromatic carbocycles. The molecular formula is C41H46O10. The summed E-state index contributed by atoms with van der Waals surface area (Å²) in [5.41, 5.74) is 4.38. The van der Waals surface area contributed by atoms with Gasteiger partial charge in [-0.1, -0.05) is 61.5 Å². The fourth-order valence-electron chi connectivity index (χ4n) is 6.56. The van der Waals surface area contributed by atoms with Gasteiger partial charge in [-0.25, -0.2) is 19.2 Å². The van der Waals surface area contributed by atoms with Crippen molar-refractivity contribution in [2.45, 2.75) is 83.2 Å². The molecule has 0 radical (unpaired) electrons. The topological polar surface area (TPSA) is 124 Å². The molecule has 1 aliphatic carbocycles. The van der Waals surface area contributed by atoms with E-state index in [1.807, 2.05) is 12.1 Å². The molecule has 0 amide bonds. The first kappa shape index (κ1) is 37.5. The molecule has 1 saturated carbocycles. The smallest absolute Gasteiger partial charge is 0.343 e. The Bertz CT molecular complexity index is 1600. The molecule has 0 N–H and O–H groups in total. The Hall–Kier alpha value is -4.80. The third-order valence-electron chi connectivity index (χ3n) is 9.32. The lowest BCUT2D eigenvalue weighted by atomic mass is 9.77. The number of benzene rings is 3. The van der Waals surface area contributed by atoms with Crippen molar-refractivity contribution >= 4 is 23.9 Å². The van der Waals surface area contributed by atoms with Crippen LogP contribution < -0.4 is 4.74 Å². The molecule has 0 unspecified atom stereocenters. The zero-order valence-corrected chi connectivity index (χ0v) is 29.3. The predicted molar refractivity (Wildman–Crippen MR) is 189 cm³/mol. The highest BCUT2D eigenvalue weighted by Gasteiger charge is 2.47. The molecule has 0 bridgehead atoms. The van der Waals surface area contributed by atoms with Crippen molar-refractivity contribution < 1.29 is 47.6 Å². The van der Waals surface area contributed by atoms with Gasteiger partial charge < -0.3 is 28.4 Å². The Morgan fingerprint density at radius 1 is 0.706 bits per heavy atom. The first-order valence-electron chi connectivity index (χ1n) is 17.8. The Balaban J connectivity index is 1.09. The number of unbranched alkanes of at least 4 members (excludes halogenated alkanes) is 1. The van der Waals surface area contributed by atoms with Gasteiger partial charge in [0.2, 0.25) is 0 Å². The molecule has 2 aliphatic rings. The molecule has 2 atom stereocenters. The van der Waals surface area contributed by atoms with E-state index in [4.69, 9.17) is 28.4 Å². The minimum Gasteiger partial charge on any atom is -0.464 e. The Kier molecular flexibility index (Phi) is 13.5. The monoisotopic (exact) mass is 698 g/mol. The van der Waals surface area contributed by atoms with Crippen LogP contribution in [0.1, 0.15) is 92.5 Å². The molecule has 3 aromatic rings. The van der Waals surface area contributed by atoms with E-state index >= 15 is 0 Å². The first-order valence-corrected chi connectivity index (χ1v) is 17.8. The van der Waals surface area contributed by atoms with Crippen molar-refractivity contribution in [3.63, 3.8) is 0 Å². The molecule has 0 aromatic heterocycles. The van der Waals surface area contributed by atoms with Crippen molar-refractivity contribution in [1.82, 2.24) is 0 Å². The molecular weight excluding hydrogens is 652 g/mol. The quantitative estimate of drug-likeness (QED) is 0.0514. The van der Waals surface area contributed by atoms with Crippen LogP contribution in [0.3, 0.4) is 0 Å². The maximum absolute atomic E-state index is 12.9. The molecule has 0 spiro atoms. The number of carbonyl (C=O) groups is 4. The van der Waals surface area contributed by atoms with Gasteiger partial charge in [0.1, 0.15) is 5.75 Å². The molecule has 10 heteroatoms. The summed E-state index contributed by atoms with van der Waals surface area (Å²) in [6, 6.07) is 22.5. The number of esters is 4. The van der Waals surface area contributed by atoms with E-state index in [2.05, 4.69) is 30.8 Å². The number of hydrogen-bond acceptors (Lipinski definition) is 10. The zero-order chi connectivity index (χ0) is 36.2. The minimum atomic E-state index is -1.26. The SMILES string of the molecule is C=CC(=O)OCCCC[C@H]1CC[C@H](c2ccc(-c3ccc(C(=O)Oc4ccc(C5O[C@@H](C(=O)OCC)[C@H](C(=O)OCC)O5)cc4)cc3)cc2)CC1. The summed E-state index contributed by atoms with van der Waals surface area (Å²) < 4.78 is 32.2. The standard InChI is InChI=1S/C41H46O10/c1-4-35(42)48-26-8-7-9-27-10-12-28(13-11-27)29-14-16-30(17-15-29)31-18-20-32(21-19-31)38(43)49-34-24-22-33(23-25-34)41-50-36(39(44)46-5-2)37(51-41)40(45)47-6-3/h4,14-25,27-28,36-37,41H,1,5-13,26H2,2-3H3/t27-,28-,36-,37-/m1/s1. The summed E-state index contributed by atoms with van der Waals surface area (Å²) >= 11 is 0. The molecule has 1 saturated heterocycles. The molecule has 5 rings (SSSR count). The van der Waals surface area contributed by atoms with Gasteiger partial charge in [-0.05, 0) is 105 Å². The van der Waals surface area contributed by atoms with Crippen LogP contribution in [0.25, 0.3) is 11.1 Å². The van der Waals surface area contributed by atoms with Crippen LogP contribution in [0.15, 0.2) is 85.5 Å². The third kappa shape index (κ3) is 10.1. The molecule has 1 aliphatic heterocycles. The van der Waals surface area contributed by atoms with Crippen LogP contribution in [0.4, 0.5) is 0 Å². The lowest BCUT2D eigenvalue weighted by Crippen LogP contribution is -2.39. The van der Waals surface area contributed by atoms with Gasteiger partial charge in [-0.3, -0.25) is 0 Å². The fourth-order valence-corrected chi connectivity index (χ4v) is 6.56. The lowest BCUT2D eigenvalue weighted by molar-refractivity contribution is -0.163. The Morgan fingerprint density at radius 3 is 1.80 bits per heavy atom. The van der Waals surface area contributed by atoms with Crippen LogP contribution in [-0.2, 0) is 38.1 Å². The highest BCUT2D eigenvalue weighted by atomic mass is 16.8. The second-order valence-corrected chi connectivity index (χ2v) is 12.7. The van der Waals surface area contributed by atoms with E-state index in [-0.39, 0.29) is 19.2 Å². The van der Waals surface area contributed by atoms with Crippen LogP contribution in [0, 0.1) is 5.92 Å². The van der Waals surface area contributed by atoms with E-state index in [1.54, 1.807) is 50.2 Å². The highest BCUT2D eigenvalue weighted by molar-refractivity contribution is 5.91. The summed E-state index contributed by atoms with van der Waals surface area (Å²) in [5.74, 6) is -0.667. The number of carbonyl (C=O) groups excluding carboxylic acids is 4. The summed E-state index contributed by atoms with van der Waals surface area (Å²) in [6.07, 6.45) is 5.63. The summed E-state index contributed by atoms with van der Waals surface area (Å²) in [7, 11) is 0. The van der Waals surface area contributed by atoms with Crippen LogP contribution >= 0.6 is 0 Å². The Labute approximate surface area is 299 Å². The third-order valence-corrected chi connectivity index (χ3v) is 9.32. The maximum Gasteiger partial charge on any atom is 0.343 e. The minimum absolute atomic E-state index is 0.124. The van der Waals surface area contributed by atoms with Gasteiger partial charge in [0.15, 0.2) is 18.5 Å². The van der Waals surface area contributed by atoms with E-state index < -0.39 is 36.4 Å². The molecule has 1 heterocycles. The van der Waals surface area contributed by atoms with Gasteiger partial charge >= 0.3 is 23.9 Å². The molecule has 51 heavy (non-hydrogen) atoms. The normalized spacial score (nSPS) is 20.3. The van der Waals surface area contributed by atoms with Gasteiger partial charge in [0.25, 0.3) is 0 Å². The summed E-state index contributed by atoms with van der Waals surface area (Å²) in [5, 5.41) is 0. The van der Waals surface area contributed by atoms with Crippen molar-refractivity contribution in [2.24, 2.45) is 5.92 Å². The first-order chi connectivity index (χ1) is 24.8. The average molecular weight is 699 g/mol.